The predicted octanol–water partition coefficient (Wildman–Crippen LogP) is 2.16. The quantitative estimate of drug-likeness (QED) is 0.807. The van der Waals surface area contributed by atoms with Gasteiger partial charge in [0.1, 0.15) is 12.4 Å². The molecule has 0 fully saturated rings. The lowest BCUT2D eigenvalue weighted by Crippen LogP contribution is -2.25. The van der Waals surface area contributed by atoms with E-state index >= 15 is 0 Å². The van der Waals surface area contributed by atoms with Crippen LogP contribution in [0.2, 0.25) is 0 Å². The summed E-state index contributed by atoms with van der Waals surface area (Å²) in [5.41, 5.74) is 2.77. The van der Waals surface area contributed by atoms with E-state index in [1.54, 1.807) is 31.5 Å². The standard InChI is InChI=1S/C19H21N3O5/c1-25-10-18(24)22-15-7-13-12(11-5-4-6-20-19(11)27-3)8-17(23)21-14(13)9-16(15)26-2/h4-7,9,12H,8,10H2,1-3H3,(H,21,23)(H,22,24)/t12-/m0/s1. The molecule has 0 spiro atoms. The molecule has 0 unspecified atom stereocenters. The highest BCUT2D eigenvalue weighted by Crippen LogP contribution is 2.43. The summed E-state index contributed by atoms with van der Waals surface area (Å²) in [4.78, 5) is 28.5. The minimum Gasteiger partial charge on any atom is -0.494 e. The van der Waals surface area contributed by atoms with E-state index in [2.05, 4.69) is 15.6 Å². The van der Waals surface area contributed by atoms with E-state index in [0.29, 0.717) is 23.0 Å². The normalized spacial score (nSPS) is 15.5. The molecule has 8 heteroatoms. The van der Waals surface area contributed by atoms with Crippen LogP contribution in [0.25, 0.3) is 0 Å². The van der Waals surface area contributed by atoms with Crippen LogP contribution in [-0.2, 0) is 14.3 Å². The van der Waals surface area contributed by atoms with E-state index in [-0.39, 0.29) is 30.8 Å². The van der Waals surface area contributed by atoms with Crippen LogP contribution in [0, 0.1) is 0 Å². The van der Waals surface area contributed by atoms with Gasteiger partial charge in [0.15, 0.2) is 0 Å². The lowest BCUT2D eigenvalue weighted by Gasteiger charge is -2.28. The lowest BCUT2D eigenvalue weighted by atomic mass is 9.84. The van der Waals surface area contributed by atoms with Crippen LogP contribution >= 0.6 is 0 Å². The summed E-state index contributed by atoms with van der Waals surface area (Å²) >= 11 is 0. The molecule has 1 aliphatic rings. The Morgan fingerprint density at radius 1 is 1.26 bits per heavy atom. The average molecular weight is 371 g/mol. The Labute approximate surface area is 156 Å². The van der Waals surface area contributed by atoms with E-state index in [4.69, 9.17) is 14.2 Å². The van der Waals surface area contributed by atoms with E-state index in [1.165, 1.54) is 14.2 Å². The van der Waals surface area contributed by atoms with Gasteiger partial charge in [-0.2, -0.15) is 0 Å². The van der Waals surface area contributed by atoms with Crippen molar-refractivity contribution in [2.24, 2.45) is 0 Å². The smallest absolute Gasteiger partial charge is 0.250 e. The Bertz CT molecular complexity index is 868. The highest BCUT2D eigenvalue weighted by molar-refractivity contribution is 5.98. The van der Waals surface area contributed by atoms with Crippen molar-refractivity contribution in [1.29, 1.82) is 0 Å². The molecule has 1 aromatic heterocycles. The third-order valence-corrected chi connectivity index (χ3v) is 4.33. The van der Waals surface area contributed by atoms with Gasteiger partial charge in [-0.15, -0.1) is 0 Å². The number of carbonyl (C=O) groups is 2. The molecule has 0 bridgehead atoms. The number of carbonyl (C=O) groups excluding carboxylic acids is 2. The molecule has 0 saturated heterocycles. The average Bonchev–Trinajstić information content (AvgIpc) is 2.67. The maximum atomic E-state index is 12.3. The summed E-state index contributed by atoms with van der Waals surface area (Å²) in [6, 6.07) is 7.18. The molecule has 1 aliphatic heterocycles. The first-order valence-corrected chi connectivity index (χ1v) is 8.36. The number of nitrogens with one attached hydrogen (secondary N) is 2. The lowest BCUT2D eigenvalue weighted by molar-refractivity contribution is -0.119. The number of methoxy groups -OCH3 is 3. The van der Waals surface area contributed by atoms with Gasteiger partial charge in [0, 0.05) is 43.0 Å². The largest absolute Gasteiger partial charge is 0.494 e. The van der Waals surface area contributed by atoms with Gasteiger partial charge in [-0.25, -0.2) is 4.98 Å². The van der Waals surface area contributed by atoms with Gasteiger partial charge in [0.25, 0.3) is 0 Å². The van der Waals surface area contributed by atoms with Crippen LogP contribution < -0.4 is 20.1 Å². The molecular formula is C19H21N3O5. The zero-order valence-corrected chi connectivity index (χ0v) is 15.4. The van der Waals surface area contributed by atoms with Crippen molar-refractivity contribution in [2.75, 3.05) is 38.6 Å². The van der Waals surface area contributed by atoms with Crippen LogP contribution in [0.4, 0.5) is 11.4 Å². The molecule has 8 nitrogen and oxygen atoms in total. The number of benzene rings is 1. The Kier molecular flexibility index (Phi) is 5.56. The molecule has 0 radical (unpaired) electrons. The number of nitrogens with zero attached hydrogens (tertiary/aromatic N) is 1. The maximum absolute atomic E-state index is 12.3. The summed E-state index contributed by atoms with van der Waals surface area (Å²) in [5, 5.41) is 5.64. The van der Waals surface area contributed by atoms with E-state index in [1.807, 2.05) is 6.07 Å². The van der Waals surface area contributed by atoms with Crippen molar-refractivity contribution in [3.63, 3.8) is 0 Å². The first-order chi connectivity index (χ1) is 13.1. The Morgan fingerprint density at radius 2 is 2.07 bits per heavy atom. The van der Waals surface area contributed by atoms with Crippen LogP contribution in [0.1, 0.15) is 23.5 Å². The summed E-state index contributed by atoms with van der Waals surface area (Å²) in [6.45, 7) is -0.0726. The molecule has 2 aromatic rings. The van der Waals surface area contributed by atoms with Crippen molar-refractivity contribution in [3.8, 4) is 11.6 Å². The van der Waals surface area contributed by atoms with Gasteiger partial charge >= 0.3 is 0 Å². The van der Waals surface area contributed by atoms with Crippen LogP contribution in [0.5, 0.6) is 11.6 Å². The zero-order chi connectivity index (χ0) is 19.4. The van der Waals surface area contributed by atoms with E-state index in [9.17, 15) is 9.59 Å². The van der Waals surface area contributed by atoms with Gasteiger partial charge in [-0.1, -0.05) is 6.07 Å². The van der Waals surface area contributed by atoms with Crippen molar-refractivity contribution in [1.82, 2.24) is 4.98 Å². The third kappa shape index (κ3) is 3.85. The number of aromatic nitrogens is 1. The van der Waals surface area contributed by atoms with Crippen molar-refractivity contribution in [3.05, 3.63) is 41.6 Å². The van der Waals surface area contributed by atoms with Crippen LogP contribution in [0.15, 0.2) is 30.5 Å². The maximum Gasteiger partial charge on any atom is 0.250 e. The molecule has 2 N–H and O–H groups in total. The highest BCUT2D eigenvalue weighted by atomic mass is 16.5. The topological polar surface area (TPSA) is 98.8 Å². The van der Waals surface area contributed by atoms with Crippen LogP contribution in [0.3, 0.4) is 0 Å². The van der Waals surface area contributed by atoms with E-state index in [0.717, 1.165) is 11.1 Å². The number of ether oxygens (including phenoxy) is 3. The van der Waals surface area contributed by atoms with Gasteiger partial charge < -0.3 is 24.8 Å². The first kappa shape index (κ1) is 18.7. The molecular weight excluding hydrogens is 350 g/mol. The molecule has 142 valence electrons. The van der Waals surface area contributed by atoms with Crippen molar-refractivity contribution in [2.45, 2.75) is 12.3 Å². The summed E-state index contributed by atoms with van der Waals surface area (Å²) in [7, 11) is 4.49. The second-order valence-corrected chi connectivity index (χ2v) is 6.03. The second-order valence-electron chi connectivity index (χ2n) is 6.03. The monoisotopic (exact) mass is 371 g/mol. The second kappa shape index (κ2) is 8.05. The number of anilines is 2. The number of fused-ring (bicyclic) bond motifs is 1. The predicted molar refractivity (Wildman–Crippen MR) is 99.4 cm³/mol. The molecule has 2 amide bonds. The number of pyridine rings is 1. The SMILES string of the molecule is COCC(=O)Nc1cc2c(cc1OC)NC(=O)C[C@H]2c1cccnc1OC. The number of hydrogen-bond donors (Lipinski definition) is 2. The summed E-state index contributed by atoms with van der Waals surface area (Å²) in [5.74, 6) is 0.227. The molecule has 3 rings (SSSR count). The Morgan fingerprint density at radius 3 is 2.78 bits per heavy atom. The number of hydrogen-bond acceptors (Lipinski definition) is 6. The molecule has 0 aliphatic carbocycles. The summed E-state index contributed by atoms with van der Waals surface area (Å²) in [6.07, 6.45) is 1.88. The third-order valence-electron chi connectivity index (χ3n) is 4.33. The molecule has 1 aromatic carbocycles. The number of amides is 2. The minimum atomic E-state index is -0.300. The first-order valence-electron chi connectivity index (χ1n) is 8.36. The number of rotatable bonds is 6. The fraction of sp³-hybridized carbons (Fsp3) is 0.316. The van der Waals surface area contributed by atoms with Gasteiger partial charge in [0.2, 0.25) is 17.7 Å². The minimum absolute atomic E-state index is 0.0726. The van der Waals surface area contributed by atoms with Crippen molar-refractivity contribution < 1.29 is 23.8 Å². The fourth-order valence-corrected chi connectivity index (χ4v) is 3.19. The molecule has 1 atom stereocenters. The molecule has 0 saturated carbocycles. The molecule has 2 heterocycles. The Balaban J connectivity index is 2.09. The van der Waals surface area contributed by atoms with E-state index < -0.39 is 0 Å². The van der Waals surface area contributed by atoms with Crippen molar-refractivity contribution >= 4 is 23.2 Å². The van der Waals surface area contributed by atoms with Gasteiger partial charge in [-0.05, 0) is 17.7 Å². The Hall–Kier alpha value is -3.13. The van der Waals surface area contributed by atoms with Crippen LogP contribution in [-0.4, -0.2) is 44.7 Å². The zero-order valence-electron chi connectivity index (χ0n) is 15.4. The highest BCUT2D eigenvalue weighted by Gasteiger charge is 2.30. The molecule has 27 heavy (non-hydrogen) atoms. The summed E-state index contributed by atoms with van der Waals surface area (Å²) < 4.78 is 15.6. The fourth-order valence-electron chi connectivity index (χ4n) is 3.19. The van der Waals surface area contributed by atoms with Gasteiger partial charge in [0.05, 0.1) is 19.9 Å². The van der Waals surface area contributed by atoms with Gasteiger partial charge in [-0.3, -0.25) is 9.59 Å².